The highest BCUT2D eigenvalue weighted by Crippen LogP contribution is 2.11. The van der Waals surface area contributed by atoms with Crippen LogP contribution in [0.4, 0.5) is 5.82 Å². The van der Waals surface area contributed by atoms with Crippen molar-refractivity contribution in [2.24, 2.45) is 0 Å². The number of amides is 1. The Morgan fingerprint density at radius 1 is 1.00 bits per heavy atom. The van der Waals surface area contributed by atoms with Crippen molar-refractivity contribution < 1.29 is 9.53 Å². The quantitative estimate of drug-likeness (QED) is 0.644. The molecule has 1 amide bonds. The Kier molecular flexibility index (Phi) is 6.35. The van der Waals surface area contributed by atoms with Crippen molar-refractivity contribution in [3.63, 3.8) is 0 Å². The molecule has 27 heavy (non-hydrogen) atoms. The van der Waals surface area contributed by atoms with E-state index in [9.17, 15) is 4.79 Å². The number of aromatic nitrogens is 2. The Balaban J connectivity index is 1.50. The van der Waals surface area contributed by atoms with Gasteiger partial charge in [0.1, 0.15) is 23.6 Å². The maximum Gasteiger partial charge on any atom is 0.270 e. The van der Waals surface area contributed by atoms with Gasteiger partial charge in [0.15, 0.2) is 0 Å². The molecule has 138 valence electrons. The highest BCUT2D eigenvalue weighted by molar-refractivity contribution is 5.92. The number of methoxy groups -OCH3 is 1. The van der Waals surface area contributed by atoms with Gasteiger partial charge in [-0.25, -0.2) is 9.97 Å². The number of nitrogens with one attached hydrogen (secondary N) is 2. The SMILES string of the molecule is COc1ccc(CCNC(=O)c2cc(NCc3ccccc3)ncn2)cc1. The summed E-state index contributed by atoms with van der Waals surface area (Å²) in [7, 11) is 1.64. The van der Waals surface area contributed by atoms with Gasteiger partial charge in [-0.05, 0) is 29.7 Å². The topological polar surface area (TPSA) is 76.1 Å². The van der Waals surface area contributed by atoms with E-state index in [2.05, 4.69) is 20.6 Å². The fourth-order valence-corrected chi connectivity index (χ4v) is 2.57. The van der Waals surface area contributed by atoms with Crippen LogP contribution in [0.1, 0.15) is 21.6 Å². The van der Waals surface area contributed by atoms with Gasteiger partial charge in [0, 0.05) is 19.2 Å². The van der Waals surface area contributed by atoms with Crippen molar-refractivity contribution in [3.8, 4) is 5.75 Å². The van der Waals surface area contributed by atoms with Crippen LogP contribution in [0.3, 0.4) is 0 Å². The van der Waals surface area contributed by atoms with Crippen LogP contribution in [0.2, 0.25) is 0 Å². The lowest BCUT2D eigenvalue weighted by Gasteiger charge is -2.08. The van der Waals surface area contributed by atoms with Gasteiger partial charge in [-0.2, -0.15) is 0 Å². The maximum atomic E-state index is 12.3. The second-order valence-corrected chi connectivity index (χ2v) is 5.98. The van der Waals surface area contributed by atoms with E-state index in [0.29, 0.717) is 24.6 Å². The molecule has 0 atom stereocenters. The summed E-state index contributed by atoms with van der Waals surface area (Å²) in [6, 6.07) is 19.5. The van der Waals surface area contributed by atoms with Crippen LogP contribution in [0.25, 0.3) is 0 Å². The summed E-state index contributed by atoms with van der Waals surface area (Å²) in [6.45, 7) is 1.17. The smallest absolute Gasteiger partial charge is 0.270 e. The average molecular weight is 362 g/mol. The van der Waals surface area contributed by atoms with Gasteiger partial charge < -0.3 is 15.4 Å². The molecule has 6 nitrogen and oxygen atoms in total. The number of carbonyl (C=O) groups is 1. The first-order chi connectivity index (χ1) is 13.2. The largest absolute Gasteiger partial charge is 0.497 e. The van der Waals surface area contributed by atoms with E-state index in [1.54, 1.807) is 13.2 Å². The Hall–Kier alpha value is -3.41. The molecule has 0 saturated carbocycles. The summed E-state index contributed by atoms with van der Waals surface area (Å²) < 4.78 is 5.14. The van der Waals surface area contributed by atoms with Crippen molar-refractivity contribution in [1.82, 2.24) is 15.3 Å². The molecule has 0 bridgehead atoms. The van der Waals surface area contributed by atoms with E-state index in [1.165, 1.54) is 6.33 Å². The van der Waals surface area contributed by atoms with E-state index in [1.807, 2.05) is 54.6 Å². The van der Waals surface area contributed by atoms with Crippen molar-refractivity contribution >= 4 is 11.7 Å². The summed E-state index contributed by atoms with van der Waals surface area (Å²) in [4.78, 5) is 20.5. The molecule has 0 unspecified atom stereocenters. The maximum absolute atomic E-state index is 12.3. The van der Waals surface area contributed by atoms with E-state index in [0.717, 1.165) is 23.3 Å². The molecular weight excluding hydrogens is 340 g/mol. The zero-order valence-electron chi connectivity index (χ0n) is 15.2. The zero-order valence-corrected chi connectivity index (χ0v) is 15.2. The molecule has 2 aromatic carbocycles. The van der Waals surface area contributed by atoms with Crippen molar-refractivity contribution in [3.05, 3.63) is 83.8 Å². The van der Waals surface area contributed by atoms with E-state index in [-0.39, 0.29) is 5.91 Å². The molecule has 0 aliphatic rings. The Morgan fingerprint density at radius 3 is 2.52 bits per heavy atom. The minimum absolute atomic E-state index is 0.214. The average Bonchev–Trinajstić information content (AvgIpc) is 2.73. The third kappa shape index (κ3) is 5.54. The van der Waals surface area contributed by atoms with E-state index >= 15 is 0 Å². The number of hydrogen-bond acceptors (Lipinski definition) is 5. The van der Waals surface area contributed by atoms with Gasteiger partial charge in [-0.1, -0.05) is 42.5 Å². The van der Waals surface area contributed by atoms with Gasteiger partial charge in [0.05, 0.1) is 7.11 Å². The van der Waals surface area contributed by atoms with Gasteiger partial charge in [-0.3, -0.25) is 4.79 Å². The van der Waals surface area contributed by atoms with E-state index in [4.69, 9.17) is 4.74 Å². The summed E-state index contributed by atoms with van der Waals surface area (Å²) in [5.41, 5.74) is 2.61. The first-order valence-electron chi connectivity index (χ1n) is 8.75. The molecule has 0 saturated heterocycles. The van der Waals surface area contributed by atoms with E-state index < -0.39 is 0 Å². The normalized spacial score (nSPS) is 10.3. The molecule has 0 aliphatic heterocycles. The third-order valence-corrected chi connectivity index (χ3v) is 4.07. The molecule has 1 aromatic heterocycles. The predicted molar refractivity (Wildman–Crippen MR) is 105 cm³/mol. The van der Waals surface area contributed by atoms with Crippen LogP contribution in [-0.4, -0.2) is 29.5 Å². The van der Waals surface area contributed by atoms with Gasteiger partial charge in [0.2, 0.25) is 0 Å². The highest BCUT2D eigenvalue weighted by Gasteiger charge is 2.08. The molecule has 0 aliphatic carbocycles. The fourth-order valence-electron chi connectivity index (χ4n) is 2.57. The second kappa shape index (κ2) is 9.33. The monoisotopic (exact) mass is 362 g/mol. The van der Waals surface area contributed by atoms with Crippen LogP contribution < -0.4 is 15.4 Å². The molecule has 0 spiro atoms. The minimum Gasteiger partial charge on any atom is -0.497 e. The molecule has 3 aromatic rings. The molecular formula is C21H22N4O2. The minimum atomic E-state index is -0.214. The standard InChI is InChI=1S/C21H22N4O2/c1-27-18-9-7-16(8-10-18)11-12-22-21(26)19-13-20(25-15-24-19)23-14-17-5-3-2-4-6-17/h2-10,13,15H,11-12,14H2,1H3,(H,22,26)(H,23,24,25). The highest BCUT2D eigenvalue weighted by atomic mass is 16.5. The van der Waals surface area contributed by atoms with Gasteiger partial charge >= 0.3 is 0 Å². The van der Waals surface area contributed by atoms with Crippen molar-refractivity contribution in [1.29, 1.82) is 0 Å². The lowest BCUT2D eigenvalue weighted by Crippen LogP contribution is -2.26. The lowest BCUT2D eigenvalue weighted by molar-refractivity contribution is 0.0949. The first kappa shape index (κ1) is 18.4. The predicted octanol–water partition coefficient (Wildman–Crippen LogP) is 3.07. The van der Waals surface area contributed by atoms with Crippen LogP contribution in [0.15, 0.2) is 67.0 Å². The number of ether oxygens (including phenoxy) is 1. The fraction of sp³-hybridized carbons (Fsp3) is 0.190. The Bertz CT molecular complexity index is 867. The van der Waals surface area contributed by atoms with Crippen molar-refractivity contribution in [2.75, 3.05) is 19.0 Å². The van der Waals surface area contributed by atoms with Crippen LogP contribution in [-0.2, 0) is 13.0 Å². The number of carbonyl (C=O) groups excluding carboxylic acids is 1. The summed E-state index contributed by atoms with van der Waals surface area (Å²) in [5.74, 6) is 1.22. The molecule has 0 fully saturated rings. The number of hydrogen-bond donors (Lipinski definition) is 2. The lowest BCUT2D eigenvalue weighted by atomic mass is 10.1. The summed E-state index contributed by atoms with van der Waals surface area (Å²) in [6.07, 6.45) is 2.13. The van der Waals surface area contributed by atoms with Gasteiger partial charge in [0.25, 0.3) is 5.91 Å². The summed E-state index contributed by atoms with van der Waals surface area (Å²) >= 11 is 0. The molecule has 1 heterocycles. The molecule has 0 radical (unpaired) electrons. The second-order valence-electron chi connectivity index (χ2n) is 5.98. The number of nitrogens with zero attached hydrogens (tertiary/aromatic N) is 2. The number of rotatable bonds is 8. The summed E-state index contributed by atoms with van der Waals surface area (Å²) in [5, 5.41) is 6.09. The Labute approximate surface area is 158 Å². The molecule has 2 N–H and O–H groups in total. The first-order valence-corrected chi connectivity index (χ1v) is 8.75. The Morgan fingerprint density at radius 2 is 1.78 bits per heavy atom. The zero-order chi connectivity index (χ0) is 18.9. The van der Waals surface area contributed by atoms with Crippen LogP contribution in [0.5, 0.6) is 5.75 Å². The van der Waals surface area contributed by atoms with Crippen LogP contribution in [0, 0.1) is 0 Å². The van der Waals surface area contributed by atoms with Gasteiger partial charge in [-0.15, -0.1) is 0 Å². The number of benzene rings is 2. The molecule has 6 heteroatoms. The van der Waals surface area contributed by atoms with Crippen LogP contribution >= 0.6 is 0 Å². The van der Waals surface area contributed by atoms with Crippen molar-refractivity contribution in [2.45, 2.75) is 13.0 Å². The molecule has 3 rings (SSSR count). The number of anilines is 1. The third-order valence-electron chi connectivity index (χ3n) is 4.07.